The van der Waals surface area contributed by atoms with Crippen LogP contribution >= 0.6 is 0 Å². The minimum atomic E-state index is -0.371. The molecule has 0 saturated heterocycles. The van der Waals surface area contributed by atoms with Gasteiger partial charge in [-0.3, -0.25) is 14.5 Å². The van der Waals surface area contributed by atoms with E-state index in [9.17, 15) is 14.7 Å². The summed E-state index contributed by atoms with van der Waals surface area (Å²) < 4.78 is 0. The van der Waals surface area contributed by atoms with Crippen LogP contribution in [0.3, 0.4) is 0 Å². The summed E-state index contributed by atoms with van der Waals surface area (Å²) in [6, 6.07) is 6.56. The number of nitrogens with zero attached hydrogens (tertiary/aromatic N) is 3. The van der Waals surface area contributed by atoms with E-state index in [0.29, 0.717) is 11.1 Å². The van der Waals surface area contributed by atoms with Crippen LogP contribution in [0.1, 0.15) is 27.1 Å². The van der Waals surface area contributed by atoms with Gasteiger partial charge in [0.15, 0.2) is 10.7 Å². The van der Waals surface area contributed by atoms with Gasteiger partial charge >= 0.3 is 6.20 Å². The number of aliphatic hydroxyl groups is 1. The van der Waals surface area contributed by atoms with Gasteiger partial charge in [-0.1, -0.05) is 12.1 Å². The predicted molar refractivity (Wildman–Crippen MR) is 62.2 cm³/mol. The van der Waals surface area contributed by atoms with Crippen molar-refractivity contribution in [2.45, 2.75) is 6.42 Å². The number of amides is 2. The molecule has 18 heavy (non-hydrogen) atoms. The van der Waals surface area contributed by atoms with Crippen molar-refractivity contribution < 1.29 is 14.7 Å². The van der Waals surface area contributed by atoms with Gasteiger partial charge in [0.25, 0.3) is 11.8 Å². The second-order valence-corrected chi connectivity index (χ2v) is 3.79. The zero-order valence-corrected chi connectivity index (χ0v) is 9.41. The molecule has 0 aliphatic carbocycles. The third-order valence-corrected chi connectivity index (χ3v) is 2.68. The molecule has 0 unspecified atom stereocenters. The molecule has 0 bridgehead atoms. The summed E-state index contributed by atoms with van der Waals surface area (Å²) >= 11 is 0. The summed E-state index contributed by atoms with van der Waals surface area (Å²) in [5.74, 6) is -0.942. The highest BCUT2D eigenvalue weighted by molar-refractivity contribution is 6.21. The van der Waals surface area contributed by atoms with Gasteiger partial charge in [0, 0.05) is 13.0 Å². The number of carbonyl (C=O) groups is 2. The van der Waals surface area contributed by atoms with E-state index < -0.39 is 0 Å². The average Bonchev–Trinajstić information content (AvgIpc) is 2.61. The van der Waals surface area contributed by atoms with Crippen LogP contribution < -0.4 is 0 Å². The van der Waals surface area contributed by atoms with Crippen LogP contribution in [-0.4, -0.2) is 28.4 Å². The van der Waals surface area contributed by atoms with E-state index in [1.54, 1.807) is 24.3 Å². The molecule has 0 aromatic heterocycles. The zero-order chi connectivity index (χ0) is 13.1. The highest BCUT2D eigenvalue weighted by Crippen LogP contribution is 2.22. The fourth-order valence-electron chi connectivity index (χ4n) is 1.80. The summed E-state index contributed by atoms with van der Waals surface area (Å²) in [6.07, 6.45) is 0.910. The van der Waals surface area contributed by atoms with Crippen LogP contribution in [0.5, 0.6) is 0 Å². The molecule has 6 nitrogen and oxygen atoms in total. The number of aliphatic hydroxyl groups excluding tert-OH is 1. The van der Waals surface area contributed by atoms with Crippen LogP contribution in [0, 0.1) is 5.39 Å². The quantitative estimate of drug-likeness (QED) is 0.500. The maximum absolute atomic E-state index is 11.9. The third kappa shape index (κ3) is 1.94. The molecule has 1 aliphatic heterocycles. The smallest absolute Gasteiger partial charge is 0.387 e. The number of rotatable bonds is 3. The highest BCUT2D eigenvalue weighted by atomic mass is 16.3. The second kappa shape index (κ2) is 4.67. The highest BCUT2D eigenvalue weighted by Gasteiger charge is 2.34. The molecule has 1 N–H and O–H groups in total. The van der Waals surface area contributed by atoms with Gasteiger partial charge in [-0.25, -0.2) is 0 Å². The molecule has 90 valence electrons. The molecule has 0 atom stereocenters. The van der Waals surface area contributed by atoms with Crippen molar-refractivity contribution in [2.24, 2.45) is 0 Å². The SMILES string of the molecule is N#[N+]C=C(O)CCN1C(=O)c2ccccc2C1=O. The van der Waals surface area contributed by atoms with E-state index in [1.807, 2.05) is 0 Å². The summed E-state index contributed by atoms with van der Waals surface area (Å²) in [5.41, 5.74) is 0.746. The topological polar surface area (TPSA) is 85.8 Å². The van der Waals surface area contributed by atoms with Crippen molar-refractivity contribution in [3.05, 3.63) is 52.3 Å². The first-order chi connectivity index (χ1) is 8.65. The molecule has 1 aliphatic rings. The standard InChI is InChI=1S/C12H9N3O3/c13-14-7-8(16)5-6-15-11(17)9-3-1-2-4-10(9)12(15)18/h1-4,7H,5-6H2/p+1. The molecule has 1 aromatic rings. The van der Waals surface area contributed by atoms with Gasteiger partial charge < -0.3 is 5.11 Å². The molecule has 0 fully saturated rings. The Morgan fingerprint density at radius 2 is 1.83 bits per heavy atom. The Kier molecular flexibility index (Phi) is 3.06. The van der Waals surface area contributed by atoms with Crippen molar-refractivity contribution in [1.29, 1.82) is 5.39 Å². The van der Waals surface area contributed by atoms with Gasteiger partial charge in [-0.05, 0) is 12.1 Å². The van der Waals surface area contributed by atoms with Gasteiger partial charge in [0.2, 0.25) is 5.39 Å². The lowest BCUT2D eigenvalue weighted by molar-refractivity contribution is 0.0652. The Hall–Kier alpha value is -2.68. The molecule has 6 heteroatoms. The molecular weight excluding hydrogens is 234 g/mol. The molecule has 0 saturated carbocycles. The van der Waals surface area contributed by atoms with Crippen LogP contribution in [-0.2, 0) is 0 Å². The Labute approximate surface area is 103 Å². The second-order valence-electron chi connectivity index (χ2n) is 3.79. The lowest BCUT2D eigenvalue weighted by atomic mass is 10.1. The van der Waals surface area contributed by atoms with Crippen molar-refractivity contribution >= 4 is 11.8 Å². The minimum Gasteiger partial charge on any atom is -0.505 e. The normalized spacial score (nSPS) is 14.6. The first-order valence-electron chi connectivity index (χ1n) is 5.32. The van der Waals surface area contributed by atoms with E-state index in [1.165, 1.54) is 0 Å². The fraction of sp³-hybridized carbons (Fsp3) is 0.167. The van der Waals surface area contributed by atoms with Crippen molar-refractivity contribution in [1.82, 2.24) is 4.90 Å². The van der Waals surface area contributed by atoms with E-state index in [4.69, 9.17) is 5.39 Å². The molecule has 2 amide bonds. The van der Waals surface area contributed by atoms with Crippen LogP contribution in [0.25, 0.3) is 4.98 Å². The van der Waals surface area contributed by atoms with Crippen LogP contribution in [0.2, 0.25) is 0 Å². The first kappa shape index (κ1) is 11.8. The Morgan fingerprint density at radius 1 is 1.28 bits per heavy atom. The van der Waals surface area contributed by atoms with Crippen LogP contribution in [0.15, 0.2) is 36.2 Å². The number of fused-ring (bicyclic) bond motifs is 1. The van der Waals surface area contributed by atoms with E-state index in [2.05, 4.69) is 4.98 Å². The minimum absolute atomic E-state index is 0.0458. The number of benzene rings is 1. The predicted octanol–water partition coefficient (Wildman–Crippen LogP) is 1.93. The molecule has 2 rings (SSSR count). The molecule has 1 aromatic carbocycles. The largest absolute Gasteiger partial charge is 0.505 e. The van der Waals surface area contributed by atoms with Crippen molar-refractivity contribution in [3.63, 3.8) is 0 Å². The van der Waals surface area contributed by atoms with Gasteiger partial charge in [0.1, 0.15) is 0 Å². The summed E-state index contributed by atoms with van der Waals surface area (Å²) in [4.78, 5) is 27.5. The summed E-state index contributed by atoms with van der Waals surface area (Å²) in [6.45, 7) is 0.0458. The Bertz CT molecular complexity index is 551. The zero-order valence-electron chi connectivity index (χ0n) is 9.41. The molecular formula is C12H10N3O3+. The molecule has 0 spiro atoms. The monoisotopic (exact) mass is 244 g/mol. The van der Waals surface area contributed by atoms with E-state index in [-0.39, 0.29) is 30.5 Å². The van der Waals surface area contributed by atoms with Crippen LogP contribution in [0.4, 0.5) is 0 Å². The number of carbonyl (C=O) groups excluding carboxylic acids is 2. The maximum atomic E-state index is 11.9. The van der Waals surface area contributed by atoms with Gasteiger partial charge in [-0.2, -0.15) is 0 Å². The van der Waals surface area contributed by atoms with Crippen molar-refractivity contribution in [3.8, 4) is 0 Å². The molecule has 0 radical (unpaired) electrons. The van der Waals surface area contributed by atoms with Gasteiger partial charge in [-0.15, -0.1) is 0 Å². The van der Waals surface area contributed by atoms with E-state index in [0.717, 1.165) is 11.1 Å². The fourth-order valence-corrected chi connectivity index (χ4v) is 1.80. The third-order valence-electron chi connectivity index (χ3n) is 2.68. The average molecular weight is 244 g/mol. The summed E-state index contributed by atoms with van der Waals surface area (Å²) in [5, 5.41) is 17.5. The number of imide groups is 1. The summed E-state index contributed by atoms with van der Waals surface area (Å²) in [7, 11) is 0. The first-order valence-corrected chi connectivity index (χ1v) is 5.32. The van der Waals surface area contributed by atoms with Gasteiger partial charge in [0.05, 0.1) is 11.1 Å². The maximum Gasteiger partial charge on any atom is 0.387 e. The number of hydrogen-bond acceptors (Lipinski definition) is 4. The van der Waals surface area contributed by atoms with Crippen molar-refractivity contribution in [2.75, 3.05) is 6.54 Å². The lowest BCUT2D eigenvalue weighted by Gasteiger charge is -2.12. The lowest BCUT2D eigenvalue weighted by Crippen LogP contribution is -2.30. The Balaban J connectivity index is 2.15. The Morgan fingerprint density at radius 3 is 2.33 bits per heavy atom. The number of hydrogen-bond donors (Lipinski definition) is 1. The van der Waals surface area contributed by atoms with E-state index >= 15 is 0 Å². The molecule has 1 heterocycles. The number of diazo groups is 1.